The van der Waals surface area contributed by atoms with E-state index >= 15 is 0 Å². The first-order valence-corrected chi connectivity index (χ1v) is 9.04. The number of fused-ring (bicyclic) bond motifs is 1. The number of hydrogen-bond donors (Lipinski definition) is 3. The van der Waals surface area contributed by atoms with Crippen molar-refractivity contribution in [2.45, 2.75) is 11.6 Å². The smallest absolute Gasteiger partial charge is 0.134 e. The minimum Gasteiger partial charge on any atom is -0.506 e. The molecular weight excluding hydrogens is 336 g/mol. The molecule has 0 spiro atoms. The van der Waals surface area contributed by atoms with E-state index in [4.69, 9.17) is 11.6 Å². The van der Waals surface area contributed by atoms with E-state index in [9.17, 15) is 10.2 Å². The lowest BCUT2D eigenvalue weighted by Gasteiger charge is -2.35. The summed E-state index contributed by atoms with van der Waals surface area (Å²) in [5.41, 5.74) is 1.50. The first-order valence-electron chi connectivity index (χ1n) is 8.67. The molecule has 4 atom stereocenters. The van der Waals surface area contributed by atoms with Gasteiger partial charge in [0.1, 0.15) is 5.75 Å². The zero-order chi connectivity index (χ0) is 17.6. The number of likely N-dealkylation sites (tertiary alicyclic amines) is 1. The fraction of sp³-hybridized carbons (Fsp3) is 0.400. The van der Waals surface area contributed by atoms with E-state index in [-0.39, 0.29) is 24.3 Å². The summed E-state index contributed by atoms with van der Waals surface area (Å²) in [7, 11) is 2.12. The van der Waals surface area contributed by atoms with Crippen molar-refractivity contribution in [2.75, 3.05) is 26.7 Å². The van der Waals surface area contributed by atoms with Gasteiger partial charge in [-0.2, -0.15) is 0 Å². The molecule has 4 rings (SSSR count). The predicted octanol–water partition coefficient (Wildman–Crippen LogP) is 2.76. The van der Waals surface area contributed by atoms with Gasteiger partial charge in [-0.25, -0.2) is 0 Å². The molecule has 0 saturated carbocycles. The van der Waals surface area contributed by atoms with Crippen LogP contribution in [0.15, 0.2) is 48.5 Å². The summed E-state index contributed by atoms with van der Waals surface area (Å²) >= 11 is 6.42. The van der Waals surface area contributed by atoms with Crippen LogP contribution in [0.2, 0.25) is 5.02 Å². The summed E-state index contributed by atoms with van der Waals surface area (Å²) in [6.07, 6.45) is 0. The van der Waals surface area contributed by atoms with Gasteiger partial charge in [0.05, 0.1) is 17.2 Å². The topological polar surface area (TPSA) is 55.7 Å². The van der Waals surface area contributed by atoms with Crippen LogP contribution in [-0.2, 0) is 5.54 Å². The van der Waals surface area contributed by atoms with Gasteiger partial charge in [0.15, 0.2) is 0 Å². The number of aromatic hydroxyl groups is 1. The third kappa shape index (κ3) is 2.56. The largest absolute Gasteiger partial charge is 0.506 e. The molecule has 0 unspecified atom stereocenters. The van der Waals surface area contributed by atoms with Gasteiger partial charge in [-0.1, -0.05) is 54.1 Å². The summed E-state index contributed by atoms with van der Waals surface area (Å²) in [6, 6.07) is 15.5. The Kier molecular flexibility index (Phi) is 4.24. The zero-order valence-electron chi connectivity index (χ0n) is 14.2. The molecule has 2 aromatic rings. The van der Waals surface area contributed by atoms with Gasteiger partial charge in [-0.3, -0.25) is 5.32 Å². The SMILES string of the molecule is CN1C[C@H]2[C@@H](C1)[C@](CO)(c1ccccc1)N[C@H]2c1cccc(O)c1Cl. The lowest BCUT2D eigenvalue weighted by Crippen LogP contribution is -2.47. The third-order valence-corrected chi connectivity index (χ3v) is 6.32. The molecule has 2 heterocycles. The van der Waals surface area contributed by atoms with Gasteiger partial charge in [-0.15, -0.1) is 0 Å². The first kappa shape index (κ1) is 16.9. The van der Waals surface area contributed by atoms with Crippen LogP contribution in [0.1, 0.15) is 17.2 Å². The number of aliphatic hydroxyl groups excluding tert-OH is 1. The highest BCUT2D eigenvalue weighted by Crippen LogP contribution is 2.52. The lowest BCUT2D eigenvalue weighted by molar-refractivity contribution is 0.129. The van der Waals surface area contributed by atoms with Crippen molar-refractivity contribution in [1.82, 2.24) is 10.2 Å². The van der Waals surface area contributed by atoms with E-state index in [0.717, 1.165) is 24.2 Å². The number of nitrogens with zero attached hydrogens (tertiary/aromatic N) is 1. The average Bonchev–Trinajstić information content (AvgIpc) is 3.15. The number of rotatable bonds is 3. The zero-order valence-corrected chi connectivity index (χ0v) is 14.9. The van der Waals surface area contributed by atoms with Gasteiger partial charge >= 0.3 is 0 Å². The summed E-state index contributed by atoms with van der Waals surface area (Å²) in [4.78, 5) is 2.31. The van der Waals surface area contributed by atoms with Crippen molar-refractivity contribution in [1.29, 1.82) is 0 Å². The Balaban J connectivity index is 1.82. The Morgan fingerprint density at radius 1 is 1.16 bits per heavy atom. The molecule has 3 N–H and O–H groups in total. The molecule has 2 fully saturated rings. The van der Waals surface area contributed by atoms with Gasteiger partial charge < -0.3 is 15.1 Å². The van der Waals surface area contributed by atoms with E-state index in [2.05, 4.69) is 29.4 Å². The van der Waals surface area contributed by atoms with Gasteiger partial charge in [-0.05, 0) is 30.2 Å². The number of phenols is 1. The van der Waals surface area contributed by atoms with Crippen LogP contribution in [0.25, 0.3) is 0 Å². The predicted molar refractivity (Wildman–Crippen MR) is 98.7 cm³/mol. The van der Waals surface area contributed by atoms with Crippen LogP contribution in [0.5, 0.6) is 5.75 Å². The Morgan fingerprint density at radius 3 is 2.64 bits per heavy atom. The lowest BCUT2D eigenvalue weighted by atomic mass is 9.76. The number of halogens is 1. The van der Waals surface area contributed by atoms with Crippen LogP contribution >= 0.6 is 11.6 Å². The van der Waals surface area contributed by atoms with Crippen molar-refractivity contribution in [3.63, 3.8) is 0 Å². The Labute approximate surface area is 153 Å². The molecule has 4 nitrogen and oxygen atoms in total. The minimum atomic E-state index is -0.504. The third-order valence-electron chi connectivity index (χ3n) is 5.90. The summed E-state index contributed by atoms with van der Waals surface area (Å²) in [5.74, 6) is 0.690. The minimum absolute atomic E-state index is 0.0121. The quantitative estimate of drug-likeness (QED) is 0.789. The molecule has 0 aliphatic carbocycles. The standard InChI is InChI=1S/C20H23ClN2O2/c1-23-10-15-16(11-23)20(12-24,13-6-3-2-4-7-13)22-19(15)14-8-5-9-17(25)18(14)21/h2-9,15-16,19,22,24-25H,10-12H2,1H3/t15-,16+,19-,20-/m0/s1. The molecule has 2 saturated heterocycles. The van der Waals surface area contributed by atoms with Gasteiger partial charge in [0.25, 0.3) is 0 Å². The normalized spacial score (nSPS) is 32.0. The summed E-state index contributed by atoms with van der Waals surface area (Å²) in [6.45, 7) is 1.88. The van der Waals surface area contributed by atoms with Crippen molar-refractivity contribution >= 4 is 11.6 Å². The van der Waals surface area contributed by atoms with Crippen LogP contribution in [0.4, 0.5) is 0 Å². The number of hydrogen-bond acceptors (Lipinski definition) is 4. The average molecular weight is 359 g/mol. The number of phenolic OH excluding ortho intramolecular Hbond substituents is 1. The maximum absolute atomic E-state index is 10.4. The second-order valence-corrected chi connectivity index (χ2v) is 7.67. The Hall–Kier alpha value is -1.59. The van der Waals surface area contributed by atoms with E-state index in [1.165, 1.54) is 0 Å². The highest BCUT2D eigenvalue weighted by molar-refractivity contribution is 6.32. The first-order chi connectivity index (χ1) is 12.1. The fourth-order valence-corrected chi connectivity index (χ4v) is 5.00. The van der Waals surface area contributed by atoms with Crippen LogP contribution in [0.3, 0.4) is 0 Å². The van der Waals surface area contributed by atoms with Crippen LogP contribution in [0, 0.1) is 11.8 Å². The van der Waals surface area contributed by atoms with Crippen LogP contribution in [-0.4, -0.2) is 41.9 Å². The second-order valence-electron chi connectivity index (χ2n) is 7.29. The summed E-state index contributed by atoms with van der Waals surface area (Å²) in [5, 5.41) is 24.6. The molecule has 2 aliphatic heterocycles. The molecule has 0 aromatic heterocycles. The van der Waals surface area contributed by atoms with E-state index in [1.807, 2.05) is 30.3 Å². The Bertz CT molecular complexity index is 770. The summed E-state index contributed by atoms with van der Waals surface area (Å²) < 4.78 is 0. The van der Waals surface area contributed by atoms with E-state index in [1.54, 1.807) is 6.07 Å². The maximum Gasteiger partial charge on any atom is 0.134 e. The molecule has 2 aliphatic rings. The Morgan fingerprint density at radius 2 is 1.92 bits per heavy atom. The molecule has 0 amide bonds. The van der Waals surface area contributed by atoms with Gasteiger partial charge in [0.2, 0.25) is 0 Å². The van der Waals surface area contributed by atoms with E-state index < -0.39 is 5.54 Å². The van der Waals surface area contributed by atoms with E-state index in [0.29, 0.717) is 10.9 Å². The maximum atomic E-state index is 10.4. The van der Waals surface area contributed by atoms with Crippen molar-refractivity contribution in [2.24, 2.45) is 11.8 Å². The molecule has 25 heavy (non-hydrogen) atoms. The van der Waals surface area contributed by atoms with Crippen molar-refractivity contribution < 1.29 is 10.2 Å². The second kappa shape index (κ2) is 6.29. The highest BCUT2D eigenvalue weighted by Gasteiger charge is 2.57. The monoisotopic (exact) mass is 358 g/mol. The molecule has 5 heteroatoms. The number of nitrogens with one attached hydrogen (secondary N) is 1. The number of benzene rings is 2. The fourth-order valence-electron chi connectivity index (χ4n) is 4.76. The van der Waals surface area contributed by atoms with Crippen molar-refractivity contribution in [3.05, 3.63) is 64.7 Å². The highest BCUT2D eigenvalue weighted by atomic mass is 35.5. The molecule has 2 aromatic carbocycles. The molecule has 0 bridgehead atoms. The van der Waals surface area contributed by atoms with Crippen LogP contribution < -0.4 is 5.32 Å². The van der Waals surface area contributed by atoms with Crippen molar-refractivity contribution in [3.8, 4) is 5.75 Å². The van der Waals surface area contributed by atoms with Gasteiger partial charge in [0, 0.05) is 25.0 Å². The molecule has 132 valence electrons. The number of aliphatic hydroxyl groups is 1. The molecule has 0 radical (unpaired) electrons. The molecular formula is C20H23ClN2O2.